The number of aliphatic carboxylic acids is 1. The number of nitrogen functional groups attached to an aromatic ring is 1. The Labute approximate surface area is 335 Å². The van der Waals surface area contributed by atoms with Crippen LogP contribution in [0.15, 0.2) is 83.8 Å². The first-order valence-electron chi connectivity index (χ1n) is 18.0. The molecule has 0 bridgehead atoms. The number of ether oxygens (including phenoxy) is 1. The molecule has 7 N–H and O–H groups in total. The number of aromatic amines is 1. The van der Waals surface area contributed by atoms with Gasteiger partial charge in [-0.2, -0.15) is 4.98 Å². The Balaban J connectivity index is 1.11. The number of H-pyrrole nitrogens is 1. The number of hydrogen-bond acceptors (Lipinski definition) is 15. The van der Waals surface area contributed by atoms with E-state index in [-0.39, 0.29) is 71.6 Å². The molecule has 0 aliphatic rings. The average molecular weight is 831 g/mol. The van der Waals surface area contributed by atoms with Crippen LogP contribution < -0.4 is 32.0 Å². The summed E-state index contributed by atoms with van der Waals surface area (Å²) in [6.45, 7) is 3.76. The summed E-state index contributed by atoms with van der Waals surface area (Å²) in [4.78, 5) is 89.8. The number of phosphoric acid groups is 1. The van der Waals surface area contributed by atoms with Crippen molar-refractivity contribution in [2.75, 3.05) is 36.2 Å². The molecule has 59 heavy (non-hydrogen) atoms. The highest BCUT2D eigenvalue weighted by Gasteiger charge is 2.26. The minimum atomic E-state index is -3.64. The number of carboxylic acid groups (broad SMARTS) is 1. The number of aromatic nitrogens is 4. The minimum absolute atomic E-state index is 0.0343. The molecule has 0 aliphatic heterocycles. The average Bonchev–Trinajstić information content (AvgIpc) is 3.20. The number of para-hydroxylation sites is 1. The molecule has 308 valence electrons. The van der Waals surface area contributed by atoms with Crippen molar-refractivity contribution < 1.29 is 52.0 Å². The van der Waals surface area contributed by atoms with Crippen LogP contribution in [0.4, 0.5) is 17.3 Å². The second kappa shape index (κ2) is 20.0. The number of nitrogens with one attached hydrogen (secondary N) is 4. The first-order valence-corrected chi connectivity index (χ1v) is 19.4. The topological polar surface area (TPSA) is 293 Å². The summed E-state index contributed by atoms with van der Waals surface area (Å²) >= 11 is 0. The van der Waals surface area contributed by atoms with Gasteiger partial charge in [-0.25, -0.2) is 19.3 Å². The summed E-state index contributed by atoms with van der Waals surface area (Å²) in [7, 11) is -3.64. The number of carbonyl (C=O) groups is 5. The molecule has 0 unspecified atom stereocenters. The summed E-state index contributed by atoms with van der Waals surface area (Å²) in [5.41, 5.74) is 5.99. The Morgan fingerprint density at radius 1 is 0.847 bits per heavy atom. The Bertz CT molecular complexity index is 2430. The number of rotatable bonds is 19. The SMILES string of the molecule is CCOP(=O)(OCC)OCCc1ccc(NC(=O)c2ccccc2OC(=O)CC[C@H](NC(=O)c2ccc(NC(=O)c3cnc4[nH]c(N)nc(=O)c4n3)cc2)C(=O)O)cc1. The number of carboxylic acids is 1. The second-order valence-electron chi connectivity index (χ2n) is 12.3. The lowest BCUT2D eigenvalue weighted by Crippen LogP contribution is -2.41. The Morgan fingerprint density at radius 3 is 2.15 bits per heavy atom. The fourth-order valence-corrected chi connectivity index (χ4v) is 6.46. The van der Waals surface area contributed by atoms with Crippen LogP contribution in [-0.2, 0) is 34.1 Å². The molecule has 1 atom stereocenters. The maximum atomic E-state index is 13.2. The monoisotopic (exact) mass is 830 g/mol. The van der Waals surface area contributed by atoms with Crippen LogP contribution in [-0.4, -0.2) is 80.6 Å². The number of fused-ring (bicyclic) bond motifs is 1. The molecule has 0 fully saturated rings. The van der Waals surface area contributed by atoms with Gasteiger partial charge in [0.05, 0.1) is 31.6 Å². The number of amides is 3. The van der Waals surface area contributed by atoms with E-state index in [1.807, 2.05) is 0 Å². The highest BCUT2D eigenvalue weighted by Crippen LogP contribution is 2.49. The molecule has 5 aromatic rings. The first-order chi connectivity index (χ1) is 28.3. The van der Waals surface area contributed by atoms with Gasteiger partial charge >= 0.3 is 25.3 Å². The zero-order valence-electron chi connectivity index (χ0n) is 31.6. The summed E-state index contributed by atoms with van der Waals surface area (Å²) in [5.74, 6) is -4.54. The third-order valence-electron chi connectivity index (χ3n) is 8.10. The van der Waals surface area contributed by atoms with E-state index in [0.29, 0.717) is 12.1 Å². The van der Waals surface area contributed by atoms with Gasteiger partial charge < -0.3 is 36.5 Å². The third-order valence-corrected chi connectivity index (χ3v) is 9.75. The van der Waals surface area contributed by atoms with E-state index in [9.17, 15) is 38.4 Å². The number of phosphoric ester groups is 1. The number of hydrogen-bond donors (Lipinski definition) is 6. The van der Waals surface area contributed by atoms with Crippen LogP contribution in [0.1, 0.15) is 63.5 Å². The molecule has 21 heteroatoms. The number of benzene rings is 3. The van der Waals surface area contributed by atoms with Crippen LogP contribution >= 0.6 is 7.82 Å². The van der Waals surface area contributed by atoms with E-state index in [4.69, 9.17) is 24.0 Å². The normalized spacial score (nSPS) is 11.7. The highest BCUT2D eigenvalue weighted by molar-refractivity contribution is 7.48. The molecule has 0 saturated heterocycles. The number of anilines is 3. The molecule has 0 aliphatic carbocycles. The zero-order valence-corrected chi connectivity index (χ0v) is 32.5. The van der Waals surface area contributed by atoms with Crippen molar-refractivity contribution in [3.63, 3.8) is 0 Å². The molecule has 0 spiro atoms. The number of nitrogens with two attached hydrogens (primary N) is 1. The molecule has 20 nitrogen and oxygen atoms in total. The smallest absolute Gasteiger partial charge is 0.474 e. The van der Waals surface area contributed by atoms with E-state index in [1.54, 1.807) is 50.2 Å². The van der Waals surface area contributed by atoms with Gasteiger partial charge in [-0.05, 0) is 80.8 Å². The highest BCUT2D eigenvalue weighted by atomic mass is 31.2. The van der Waals surface area contributed by atoms with E-state index >= 15 is 0 Å². The van der Waals surface area contributed by atoms with Crippen LogP contribution in [0.3, 0.4) is 0 Å². The number of esters is 1. The molecular weight excluding hydrogens is 791 g/mol. The third kappa shape index (κ3) is 12.1. The zero-order chi connectivity index (χ0) is 42.5. The predicted molar refractivity (Wildman–Crippen MR) is 212 cm³/mol. The van der Waals surface area contributed by atoms with Crippen molar-refractivity contribution >= 4 is 66.0 Å². The van der Waals surface area contributed by atoms with Gasteiger partial charge in [0.1, 0.15) is 17.5 Å². The minimum Gasteiger partial charge on any atom is -0.480 e. The summed E-state index contributed by atoms with van der Waals surface area (Å²) in [5, 5.41) is 17.4. The maximum Gasteiger partial charge on any atom is 0.474 e. The standard InChI is InChI=1S/C38H39N8O12P/c1-3-55-59(54,56-4-2)57-20-19-22-9-13-24(14-10-22)41-34(49)26-7-5-6-8-29(26)58-30(47)18-17-27(37(52)53)44-33(48)23-11-15-25(16-12-23)42-35(50)28-21-40-32-31(43-28)36(51)46-38(39)45-32/h5-16,21,27H,3-4,17-20H2,1-2H3,(H,41,49)(H,42,50)(H,44,48)(H,52,53)(H3,39,40,45,46,51)/t27-/m0/s1. The maximum absolute atomic E-state index is 13.2. The lowest BCUT2D eigenvalue weighted by Gasteiger charge is -2.16. The van der Waals surface area contributed by atoms with Gasteiger partial charge in [0, 0.05) is 23.4 Å². The lowest BCUT2D eigenvalue weighted by molar-refractivity contribution is -0.140. The van der Waals surface area contributed by atoms with Gasteiger partial charge in [-0.15, -0.1) is 0 Å². The van der Waals surface area contributed by atoms with E-state index in [2.05, 4.69) is 35.9 Å². The Morgan fingerprint density at radius 2 is 1.49 bits per heavy atom. The fourth-order valence-electron chi connectivity index (χ4n) is 5.29. The summed E-state index contributed by atoms with van der Waals surface area (Å²) in [6, 6.07) is 16.7. The van der Waals surface area contributed by atoms with E-state index in [0.717, 1.165) is 11.8 Å². The molecule has 0 radical (unpaired) electrons. The lowest BCUT2D eigenvalue weighted by atomic mass is 10.1. The first kappa shape index (κ1) is 43.3. The molecule has 2 heterocycles. The summed E-state index contributed by atoms with van der Waals surface area (Å²) < 4.78 is 33.5. The number of nitrogens with zero attached hydrogens (tertiary/aromatic N) is 3. The van der Waals surface area contributed by atoms with Crippen LogP contribution in [0.5, 0.6) is 5.75 Å². The quantitative estimate of drug-likeness (QED) is 0.0388. The fraction of sp³-hybridized carbons (Fsp3) is 0.237. The van der Waals surface area contributed by atoms with E-state index in [1.165, 1.54) is 36.4 Å². The second-order valence-corrected chi connectivity index (χ2v) is 14.0. The van der Waals surface area contributed by atoms with Crippen molar-refractivity contribution in [3.8, 4) is 5.75 Å². The Kier molecular flexibility index (Phi) is 14.7. The number of carbonyl (C=O) groups excluding carboxylic acids is 4. The molecular formula is C38H39N8O12P. The van der Waals surface area contributed by atoms with Gasteiger partial charge in [0.15, 0.2) is 11.2 Å². The largest absolute Gasteiger partial charge is 0.480 e. The van der Waals surface area contributed by atoms with Gasteiger partial charge in [-0.1, -0.05) is 24.3 Å². The summed E-state index contributed by atoms with van der Waals surface area (Å²) in [6.07, 6.45) is 0.752. The van der Waals surface area contributed by atoms with Gasteiger partial charge in [0.2, 0.25) is 5.95 Å². The van der Waals surface area contributed by atoms with Gasteiger partial charge in [0.25, 0.3) is 17.7 Å². The van der Waals surface area contributed by atoms with Crippen molar-refractivity contribution in [3.05, 3.63) is 112 Å². The van der Waals surface area contributed by atoms with Crippen molar-refractivity contribution in [1.29, 1.82) is 0 Å². The Hall–Kier alpha value is -6.86. The molecule has 3 aromatic carbocycles. The molecule has 0 saturated carbocycles. The molecule has 3 amide bonds. The molecule has 5 rings (SSSR count). The van der Waals surface area contributed by atoms with Crippen LogP contribution in [0.2, 0.25) is 0 Å². The van der Waals surface area contributed by atoms with Crippen molar-refractivity contribution in [2.45, 2.75) is 39.2 Å². The van der Waals surface area contributed by atoms with Crippen LogP contribution in [0.25, 0.3) is 11.2 Å². The van der Waals surface area contributed by atoms with Crippen LogP contribution in [0, 0.1) is 0 Å². The van der Waals surface area contributed by atoms with Crippen molar-refractivity contribution in [2.24, 2.45) is 0 Å². The van der Waals surface area contributed by atoms with Crippen molar-refractivity contribution in [1.82, 2.24) is 25.3 Å². The molecule has 2 aromatic heterocycles. The van der Waals surface area contributed by atoms with E-state index < -0.39 is 55.5 Å². The van der Waals surface area contributed by atoms with Gasteiger partial charge in [-0.3, -0.25) is 37.5 Å². The predicted octanol–water partition coefficient (Wildman–Crippen LogP) is 4.11.